The van der Waals surface area contributed by atoms with Crippen LogP contribution in [0.15, 0.2) is 28.7 Å². The summed E-state index contributed by atoms with van der Waals surface area (Å²) in [6.45, 7) is 8.59. The Bertz CT molecular complexity index is 604. The van der Waals surface area contributed by atoms with Crippen LogP contribution in [0, 0.1) is 5.92 Å². The molecule has 0 bridgehead atoms. The van der Waals surface area contributed by atoms with Gasteiger partial charge in [0.25, 0.3) is 0 Å². The minimum atomic E-state index is -0.136. The van der Waals surface area contributed by atoms with Crippen LogP contribution in [0.5, 0.6) is 0 Å². The maximum Gasteiger partial charge on any atom is 0.320 e. The van der Waals surface area contributed by atoms with E-state index in [2.05, 4.69) is 21.2 Å². The quantitative estimate of drug-likeness (QED) is 0.803. The van der Waals surface area contributed by atoms with Crippen molar-refractivity contribution in [3.05, 3.63) is 34.3 Å². The second-order valence-electron chi connectivity index (χ2n) is 6.53. The van der Waals surface area contributed by atoms with E-state index in [1.165, 1.54) is 0 Å². The summed E-state index contributed by atoms with van der Waals surface area (Å²) in [7, 11) is 0. The number of piperidine rings is 1. The highest BCUT2D eigenvalue weighted by atomic mass is 79.9. The number of urea groups is 1. The molecule has 2 unspecified atom stereocenters. The number of nitrogens with one attached hydrogen (secondary N) is 1. The van der Waals surface area contributed by atoms with E-state index in [0.717, 1.165) is 29.4 Å². The first-order chi connectivity index (χ1) is 12.0. The first kappa shape index (κ1) is 19.8. The third-order valence-corrected chi connectivity index (χ3v) is 5.30. The third-order valence-electron chi connectivity index (χ3n) is 4.80. The number of rotatable bonds is 5. The van der Waals surface area contributed by atoms with Crippen molar-refractivity contribution < 1.29 is 9.59 Å². The molecule has 25 heavy (non-hydrogen) atoms. The molecule has 0 saturated carbocycles. The minimum Gasteiger partial charge on any atom is -0.349 e. The van der Waals surface area contributed by atoms with Gasteiger partial charge < -0.3 is 15.1 Å². The van der Waals surface area contributed by atoms with Crippen molar-refractivity contribution >= 4 is 27.9 Å². The predicted molar refractivity (Wildman–Crippen MR) is 103 cm³/mol. The monoisotopic (exact) mass is 409 g/mol. The lowest BCUT2D eigenvalue weighted by Crippen LogP contribution is -2.50. The molecular formula is C19H28BrN3O2. The zero-order valence-electron chi connectivity index (χ0n) is 15.3. The summed E-state index contributed by atoms with van der Waals surface area (Å²) in [5, 5.41) is 3.10. The Morgan fingerprint density at radius 3 is 2.72 bits per heavy atom. The van der Waals surface area contributed by atoms with Crippen molar-refractivity contribution in [2.24, 2.45) is 5.92 Å². The minimum absolute atomic E-state index is 0.0320. The number of hydrogen-bond acceptors (Lipinski definition) is 2. The van der Waals surface area contributed by atoms with Gasteiger partial charge in [-0.3, -0.25) is 4.79 Å². The topological polar surface area (TPSA) is 52.7 Å². The van der Waals surface area contributed by atoms with Crippen LogP contribution in [-0.4, -0.2) is 47.9 Å². The van der Waals surface area contributed by atoms with Crippen LogP contribution in [0.1, 0.15) is 45.2 Å². The molecule has 0 aliphatic carbocycles. The van der Waals surface area contributed by atoms with Crippen LogP contribution in [0.2, 0.25) is 0 Å². The van der Waals surface area contributed by atoms with Gasteiger partial charge in [0.15, 0.2) is 0 Å². The predicted octanol–water partition coefficient (Wildman–Crippen LogP) is 3.80. The molecule has 0 aromatic heterocycles. The number of hydrogen-bond donors (Lipinski definition) is 1. The second kappa shape index (κ2) is 9.22. The van der Waals surface area contributed by atoms with Gasteiger partial charge in [0.1, 0.15) is 0 Å². The van der Waals surface area contributed by atoms with Crippen LogP contribution < -0.4 is 5.32 Å². The summed E-state index contributed by atoms with van der Waals surface area (Å²) < 4.78 is 1.000. The maximum absolute atomic E-state index is 12.7. The highest BCUT2D eigenvalue weighted by molar-refractivity contribution is 9.10. The maximum atomic E-state index is 12.7. The fourth-order valence-electron chi connectivity index (χ4n) is 3.25. The zero-order chi connectivity index (χ0) is 18.4. The van der Waals surface area contributed by atoms with Gasteiger partial charge in [-0.2, -0.15) is 0 Å². The number of nitrogens with zero attached hydrogens (tertiary/aromatic N) is 2. The van der Waals surface area contributed by atoms with Crippen LogP contribution in [0.25, 0.3) is 0 Å². The van der Waals surface area contributed by atoms with Gasteiger partial charge in [0.2, 0.25) is 5.91 Å². The van der Waals surface area contributed by atoms with E-state index >= 15 is 0 Å². The number of amides is 3. The number of carbonyl (C=O) groups excluding carboxylic acids is 2. The molecule has 138 valence electrons. The number of benzene rings is 1. The van der Waals surface area contributed by atoms with E-state index in [0.29, 0.717) is 19.6 Å². The van der Waals surface area contributed by atoms with Gasteiger partial charge in [-0.15, -0.1) is 0 Å². The SMILES string of the molecule is CCN(CC)C(=O)N1CCCC(C(=O)NC(C)c2cccc(Br)c2)C1. The molecule has 1 heterocycles. The van der Waals surface area contributed by atoms with Gasteiger partial charge in [0.05, 0.1) is 12.0 Å². The van der Waals surface area contributed by atoms with Crippen LogP contribution in [0.3, 0.4) is 0 Å². The average molecular weight is 410 g/mol. The molecule has 1 aliphatic rings. The zero-order valence-corrected chi connectivity index (χ0v) is 16.9. The van der Waals surface area contributed by atoms with Crippen molar-refractivity contribution in [2.75, 3.05) is 26.2 Å². The third kappa shape index (κ3) is 5.21. The Morgan fingerprint density at radius 1 is 1.36 bits per heavy atom. The molecule has 1 aromatic carbocycles. The van der Waals surface area contributed by atoms with E-state index in [4.69, 9.17) is 0 Å². The molecule has 0 radical (unpaired) electrons. The Balaban J connectivity index is 1.96. The molecule has 1 saturated heterocycles. The van der Waals surface area contributed by atoms with Crippen LogP contribution in [-0.2, 0) is 4.79 Å². The lowest BCUT2D eigenvalue weighted by atomic mass is 9.96. The summed E-state index contributed by atoms with van der Waals surface area (Å²) in [5.41, 5.74) is 1.06. The van der Waals surface area contributed by atoms with Gasteiger partial charge in [-0.05, 0) is 51.3 Å². The molecule has 5 nitrogen and oxygen atoms in total. The van der Waals surface area contributed by atoms with Gasteiger partial charge >= 0.3 is 6.03 Å². The van der Waals surface area contributed by atoms with E-state index in [-0.39, 0.29) is 23.9 Å². The van der Waals surface area contributed by atoms with Crippen molar-refractivity contribution in [3.63, 3.8) is 0 Å². The van der Waals surface area contributed by atoms with E-state index in [1.54, 1.807) is 0 Å². The van der Waals surface area contributed by atoms with Crippen LogP contribution >= 0.6 is 15.9 Å². The summed E-state index contributed by atoms with van der Waals surface area (Å²) in [6.07, 6.45) is 1.70. The van der Waals surface area contributed by atoms with Gasteiger partial charge in [-0.1, -0.05) is 28.1 Å². The van der Waals surface area contributed by atoms with Crippen molar-refractivity contribution in [1.29, 1.82) is 0 Å². The van der Waals surface area contributed by atoms with E-state index in [1.807, 2.05) is 54.8 Å². The molecule has 1 fully saturated rings. The smallest absolute Gasteiger partial charge is 0.320 e. The van der Waals surface area contributed by atoms with Gasteiger partial charge in [-0.25, -0.2) is 4.79 Å². The molecule has 3 amide bonds. The molecule has 1 N–H and O–H groups in total. The first-order valence-corrected chi connectivity index (χ1v) is 9.85. The molecule has 2 atom stereocenters. The summed E-state index contributed by atoms with van der Waals surface area (Å²) in [6, 6.07) is 7.94. The lowest BCUT2D eigenvalue weighted by Gasteiger charge is -2.35. The molecule has 1 aromatic rings. The number of likely N-dealkylation sites (tertiary alicyclic amines) is 1. The van der Waals surface area contributed by atoms with E-state index < -0.39 is 0 Å². The fourth-order valence-corrected chi connectivity index (χ4v) is 3.67. The number of halogens is 1. The molecule has 6 heteroatoms. The number of carbonyl (C=O) groups is 2. The highest BCUT2D eigenvalue weighted by Crippen LogP contribution is 2.21. The summed E-state index contributed by atoms with van der Waals surface area (Å²) in [4.78, 5) is 28.8. The average Bonchev–Trinajstić information content (AvgIpc) is 2.62. The van der Waals surface area contributed by atoms with E-state index in [9.17, 15) is 9.59 Å². The van der Waals surface area contributed by atoms with Crippen molar-refractivity contribution in [3.8, 4) is 0 Å². The fraction of sp³-hybridized carbons (Fsp3) is 0.579. The lowest BCUT2D eigenvalue weighted by molar-refractivity contribution is -0.127. The Kier molecular flexibility index (Phi) is 7.29. The highest BCUT2D eigenvalue weighted by Gasteiger charge is 2.30. The van der Waals surface area contributed by atoms with Gasteiger partial charge in [0, 0.05) is 30.7 Å². The molecular weight excluding hydrogens is 382 g/mol. The normalized spacial score (nSPS) is 18.6. The Hall–Kier alpha value is -1.56. The molecule has 2 rings (SSSR count). The van der Waals surface area contributed by atoms with Crippen molar-refractivity contribution in [2.45, 2.75) is 39.7 Å². The molecule has 1 aliphatic heterocycles. The largest absolute Gasteiger partial charge is 0.349 e. The summed E-state index contributed by atoms with van der Waals surface area (Å²) in [5.74, 6) is -0.104. The van der Waals surface area contributed by atoms with Crippen LogP contribution in [0.4, 0.5) is 4.79 Å². The van der Waals surface area contributed by atoms with Crippen molar-refractivity contribution in [1.82, 2.24) is 15.1 Å². The first-order valence-electron chi connectivity index (χ1n) is 9.05. The summed E-state index contributed by atoms with van der Waals surface area (Å²) >= 11 is 3.46. The Labute approximate surface area is 158 Å². The standard InChI is InChI=1S/C19H28BrN3O2/c1-4-22(5-2)19(25)23-11-7-9-16(13-23)18(24)21-14(3)15-8-6-10-17(20)12-15/h6,8,10,12,14,16H,4-5,7,9,11,13H2,1-3H3,(H,21,24). The second-order valence-corrected chi connectivity index (χ2v) is 7.44. The molecule has 0 spiro atoms. The Morgan fingerprint density at radius 2 is 2.08 bits per heavy atom.